The SMILES string of the molecule is NCCCc1nn2c(I)cnc2s1. The third kappa shape index (κ3) is 1.84. The minimum atomic E-state index is 0.721. The maximum atomic E-state index is 5.43. The van der Waals surface area contributed by atoms with Crippen molar-refractivity contribution in [1.29, 1.82) is 0 Å². The van der Waals surface area contributed by atoms with E-state index in [0.29, 0.717) is 0 Å². The van der Waals surface area contributed by atoms with Gasteiger partial charge in [0, 0.05) is 6.42 Å². The maximum Gasteiger partial charge on any atom is 0.213 e. The van der Waals surface area contributed by atoms with Crippen LogP contribution in [-0.4, -0.2) is 21.1 Å². The van der Waals surface area contributed by atoms with Crippen molar-refractivity contribution in [3.05, 3.63) is 14.9 Å². The van der Waals surface area contributed by atoms with Gasteiger partial charge in [0.2, 0.25) is 4.96 Å². The Kier molecular flexibility index (Phi) is 2.80. The lowest BCUT2D eigenvalue weighted by Gasteiger charge is -1.89. The molecule has 0 atom stereocenters. The summed E-state index contributed by atoms with van der Waals surface area (Å²) in [5.41, 5.74) is 5.43. The molecule has 0 saturated heterocycles. The molecule has 0 aliphatic carbocycles. The first-order chi connectivity index (χ1) is 6.31. The van der Waals surface area contributed by atoms with E-state index in [-0.39, 0.29) is 0 Å². The minimum Gasteiger partial charge on any atom is -0.330 e. The Bertz CT molecular complexity index is 407. The number of aryl methyl sites for hydroxylation is 1. The van der Waals surface area contributed by atoms with E-state index in [1.165, 1.54) is 0 Å². The molecule has 0 aliphatic heterocycles. The summed E-state index contributed by atoms with van der Waals surface area (Å²) in [6.07, 6.45) is 3.78. The van der Waals surface area contributed by atoms with Crippen LogP contribution in [0.15, 0.2) is 6.20 Å². The summed E-state index contributed by atoms with van der Waals surface area (Å²) < 4.78 is 2.93. The molecule has 2 rings (SSSR count). The highest BCUT2D eigenvalue weighted by atomic mass is 127. The average molecular weight is 308 g/mol. The van der Waals surface area contributed by atoms with E-state index in [0.717, 1.165) is 33.1 Å². The molecule has 70 valence electrons. The van der Waals surface area contributed by atoms with Crippen molar-refractivity contribution in [1.82, 2.24) is 14.6 Å². The molecular weight excluding hydrogens is 299 g/mol. The van der Waals surface area contributed by atoms with Crippen LogP contribution < -0.4 is 5.73 Å². The molecule has 0 saturated carbocycles. The van der Waals surface area contributed by atoms with Crippen LogP contribution in [0.5, 0.6) is 0 Å². The smallest absolute Gasteiger partial charge is 0.213 e. The number of halogens is 1. The first-order valence-corrected chi connectivity index (χ1v) is 5.90. The van der Waals surface area contributed by atoms with E-state index in [2.05, 4.69) is 32.7 Å². The van der Waals surface area contributed by atoms with E-state index < -0.39 is 0 Å². The molecule has 0 spiro atoms. The molecule has 6 heteroatoms. The molecule has 0 bridgehead atoms. The van der Waals surface area contributed by atoms with Crippen molar-refractivity contribution < 1.29 is 0 Å². The summed E-state index contributed by atoms with van der Waals surface area (Å²) in [5.74, 6) is 0. The zero-order chi connectivity index (χ0) is 9.26. The summed E-state index contributed by atoms with van der Waals surface area (Å²) in [5, 5.41) is 5.54. The first kappa shape index (κ1) is 9.35. The van der Waals surface area contributed by atoms with Crippen molar-refractivity contribution in [2.24, 2.45) is 5.73 Å². The van der Waals surface area contributed by atoms with Gasteiger partial charge in [-0.15, -0.1) is 0 Å². The summed E-state index contributed by atoms with van der Waals surface area (Å²) in [6.45, 7) is 0.721. The highest BCUT2D eigenvalue weighted by Gasteiger charge is 2.06. The largest absolute Gasteiger partial charge is 0.330 e. The van der Waals surface area contributed by atoms with Crippen LogP contribution in [0.2, 0.25) is 0 Å². The minimum absolute atomic E-state index is 0.721. The Hall–Kier alpha value is -0.210. The fourth-order valence-electron chi connectivity index (χ4n) is 1.06. The lowest BCUT2D eigenvalue weighted by Crippen LogP contribution is -2.00. The van der Waals surface area contributed by atoms with Crippen molar-refractivity contribution in [3.8, 4) is 0 Å². The third-order valence-electron chi connectivity index (χ3n) is 1.68. The molecule has 0 radical (unpaired) electrons. The molecule has 0 aromatic carbocycles. The van der Waals surface area contributed by atoms with Gasteiger partial charge in [-0.25, -0.2) is 4.98 Å². The second-order valence-electron chi connectivity index (χ2n) is 2.66. The van der Waals surface area contributed by atoms with Gasteiger partial charge in [0.25, 0.3) is 0 Å². The van der Waals surface area contributed by atoms with Crippen LogP contribution in [0, 0.1) is 3.70 Å². The fourth-order valence-corrected chi connectivity index (χ4v) is 2.61. The van der Waals surface area contributed by atoms with Crippen molar-refractivity contribution in [2.75, 3.05) is 6.54 Å². The number of nitrogens with zero attached hydrogens (tertiary/aromatic N) is 3. The molecule has 13 heavy (non-hydrogen) atoms. The van der Waals surface area contributed by atoms with Gasteiger partial charge in [-0.3, -0.25) is 0 Å². The van der Waals surface area contributed by atoms with E-state index in [1.807, 2.05) is 10.7 Å². The van der Waals surface area contributed by atoms with Crippen LogP contribution in [0.3, 0.4) is 0 Å². The van der Waals surface area contributed by atoms with E-state index in [4.69, 9.17) is 5.73 Å². The summed E-state index contributed by atoms with van der Waals surface area (Å²) in [6, 6.07) is 0. The Morgan fingerprint density at radius 1 is 1.62 bits per heavy atom. The second kappa shape index (κ2) is 3.89. The highest BCUT2D eigenvalue weighted by Crippen LogP contribution is 2.17. The molecule has 2 aromatic heterocycles. The number of imidazole rings is 1. The molecule has 0 aliphatic rings. The molecule has 2 aromatic rings. The number of fused-ring (bicyclic) bond motifs is 1. The van der Waals surface area contributed by atoms with Crippen molar-refractivity contribution in [2.45, 2.75) is 12.8 Å². The topological polar surface area (TPSA) is 56.2 Å². The van der Waals surface area contributed by atoms with Gasteiger partial charge in [-0.2, -0.15) is 9.61 Å². The normalized spacial score (nSPS) is 11.2. The predicted octanol–water partition coefficient (Wildman–Crippen LogP) is 1.29. The Morgan fingerprint density at radius 2 is 2.46 bits per heavy atom. The van der Waals surface area contributed by atoms with Gasteiger partial charge < -0.3 is 5.73 Å². The van der Waals surface area contributed by atoms with E-state index >= 15 is 0 Å². The van der Waals surface area contributed by atoms with Crippen LogP contribution in [0.25, 0.3) is 4.96 Å². The highest BCUT2D eigenvalue weighted by molar-refractivity contribution is 14.1. The number of aromatic nitrogens is 3. The van der Waals surface area contributed by atoms with Gasteiger partial charge in [-0.05, 0) is 35.6 Å². The quantitative estimate of drug-likeness (QED) is 0.869. The van der Waals surface area contributed by atoms with E-state index in [1.54, 1.807) is 11.3 Å². The second-order valence-corrected chi connectivity index (χ2v) is 4.81. The maximum absolute atomic E-state index is 5.43. The van der Waals surface area contributed by atoms with E-state index in [9.17, 15) is 0 Å². The van der Waals surface area contributed by atoms with Gasteiger partial charge >= 0.3 is 0 Å². The Morgan fingerprint density at radius 3 is 3.15 bits per heavy atom. The van der Waals surface area contributed by atoms with Gasteiger partial charge in [0.15, 0.2) is 0 Å². The molecule has 0 unspecified atom stereocenters. The summed E-state index contributed by atoms with van der Waals surface area (Å²) in [4.78, 5) is 5.20. The molecule has 0 amide bonds. The number of hydrogen-bond donors (Lipinski definition) is 1. The number of rotatable bonds is 3. The number of hydrogen-bond acceptors (Lipinski definition) is 4. The van der Waals surface area contributed by atoms with Gasteiger partial charge in [0.05, 0.1) is 6.20 Å². The molecule has 2 N–H and O–H groups in total. The third-order valence-corrected chi connectivity index (χ3v) is 3.40. The monoisotopic (exact) mass is 308 g/mol. The van der Waals surface area contributed by atoms with Crippen LogP contribution in [-0.2, 0) is 6.42 Å². The summed E-state index contributed by atoms with van der Waals surface area (Å²) in [7, 11) is 0. The molecule has 2 heterocycles. The number of nitrogens with two attached hydrogens (primary N) is 1. The zero-order valence-corrected chi connectivity index (χ0v) is 9.88. The summed E-state index contributed by atoms with van der Waals surface area (Å²) >= 11 is 3.86. The molecule has 4 nitrogen and oxygen atoms in total. The lowest BCUT2D eigenvalue weighted by atomic mass is 10.3. The van der Waals surface area contributed by atoms with Crippen LogP contribution in [0.1, 0.15) is 11.4 Å². The lowest BCUT2D eigenvalue weighted by molar-refractivity contribution is 0.795. The van der Waals surface area contributed by atoms with Crippen LogP contribution >= 0.6 is 33.9 Å². The average Bonchev–Trinajstić information content (AvgIpc) is 2.65. The Balaban J connectivity index is 2.28. The Labute approximate surface area is 93.3 Å². The van der Waals surface area contributed by atoms with Gasteiger partial charge in [0.1, 0.15) is 8.71 Å². The molecule has 0 fully saturated rings. The zero-order valence-electron chi connectivity index (χ0n) is 6.90. The van der Waals surface area contributed by atoms with Gasteiger partial charge in [-0.1, -0.05) is 11.3 Å². The fraction of sp³-hybridized carbons (Fsp3) is 0.429. The van der Waals surface area contributed by atoms with Crippen molar-refractivity contribution >= 4 is 38.9 Å². The predicted molar refractivity (Wildman–Crippen MR) is 61.0 cm³/mol. The van der Waals surface area contributed by atoms with Crippen LogP contribution in [0.4, 0.5) is 0 Å². The van der Waals surface area contributed by atoms with Crippen molar-refractivity contribution in [3.63, 3.8) is 0 Å². The molecular formula is C7H9IN4S. The first-order valence-electron chi connectivity index (χ1n) is 4.00. The standard InChI is InChI=1S/C7H9IN4S/c8-5-4-10-7-12(5)11-6(13-7)2-1-3-9/h4H,1-3,9H2.